The van der Waals surface area contributed by atoms with Crippen molar-refractivity contribution in [3.8, 4) is 11.3 Å². The first kappa shape index (κ1) is 9.17. The number of hydrogen-bond acceptors (Lipinski definition) is 4. The number of anilines is 1. The molecule has 0 fully saturated rings. The average Bonchev–Trinajstić information content (AvgIpc) is 2.84. The minimum Gasteiger partial charge on any atom is -0.369 e. The lowest BCUT2D eigenvalue weighted by molar-refractivity contribution is 1.20. The first-order valence-corrected chi connectivity index (χ1v) is 4.92. The zero-order valence-electron chi connectivity index (χ0n) is 8.03. The largest absolute Gasteiger partial charge is 0.369 e. The Morgan fingerprint density at radius 3 is 2.88 bits per heavy atom. The lowest BCUT2D eigenvalue weighted by Gasteiger charge is -1.95. The molecule has 0 unspecified atom stereocenters. The maximum absolute atomic E-state index is 6.02. The summed E-state index contributed by atoms with van der Waals surface area (Å²) in [6, 6.07) is 0. The van der Waals surface area contributed by atoms with Crippen LogP contribution >= 0.6 is 11.6 Å². The van der Waals surface area contributed by atoms with Crippen molar-refractivity contribution in [1.29, 1.82) is 0 Å². The molecule has 16 heavy (non-hydrogen) atoms. The monoisotopic (exact) mass is 234 g/mol. The lowest BCUT2D eigenvalue weighted by atomic mass is 10.2. The van der Waals surface area contributed by atoms with Crippen molar-refractivity contribution in [3.63, 3.8) is 0 Å². The summed E-state index contributed by atoms with van der Waals surface area (Å²) in [5.41, 5.74) is 7.84. The van der Waals surface area contributed by atoms with Crippen molar-refractivity contribution < 1.29 is 0 Å². The predicted octanol–water partition coefficient (Wildman–Crippen LogP) is 1.58. The van der Waals surface area contributed by atoms with Gasteiger partial charge in [0, 0.05) is 11.8 Å². The summed E-state index contributed by atoms with van der Waals surface area (Å²) in [5, 5.41) is 1.15. The topological polar surface area (TPSA) is 96.3 Å². The summed E-state index contributed by atoms with van der Waals surface area (Å²) >= 11 is 6.02. The van der Waals surface area contributed by atoms with Crippen LogP contribution in [0.15, 0.2) is 18.7 Å². The van der Waals surface area contributed by atoms with E-state index in [-0.39, 0.29) is 0 Å². The molecule has 0 radical (unpaired) electrons. The van der Waals surface area contributed by atoms with Gasteiger partial charge in [-0.3, -0.25) is 0 Å². The number of halogens is 1. The second-order valence-electron chi connectivity index (χ2n) is 3.27. The number of rotatable bonds is 1. The van der Waals surface area contributed by atoms with Gasteiger partial charge in [-0.15, -0.1) is 0 Å². The number of aromatic nitrogens is 5. The van der Waals surface area contributed by atoms with Gasteiger partial charge in [0.1, 0.15) is 17.1 Å². The highest BCUT2D eigenvalue weighted by atomic mass is 35.5. The number of nitrogens with one attached hydrogen (secondary N) is 2. The third kappa shape index (κ3) is 1.24. The van der Waals surface area contributed by atoms with Crippen LogP contribution in [0.5, 0.6) is 0 Å². The van der Waals surface area contributed by atoms with Gasteiger partial charge >= 0.3 is 0 Å². The van der Waals surface area contributed by atoms with E-state index < -0.39 is 0 Å². The van der Waals surface area contributed by atoms with Crippen molar-refractivity contribution in [2.75, 3.05) is 5.73 Å². The first-order valence-electron chi connectivity index (χ1n) is 4.54. The van der Waals surface area contributed by atoms with Crippen molar-refractivity contribution in [3.05, 3.63) is 23.9 Å². The zero-order chi connectivity index (χ0) is 11.1. The highest BCUT2D eigenvalue weighted by Gasteiger charge is 2.12. The molecule has 0 spiro atoms. The van der Waals surface area contributed by atoms with Gasteiger partial charge in [-0.1, -0.05) is 11.6 Å². The van der Waals surface area contributed by atoms with Crippen LogP contribution in [0.25, 0.3) is 22.3 Å². The van der Waals surface area contributed by atoms with Gasteiger partial charge in [-0.25, -0.2) is 15.0 Å². The Balaban J connectivity index is 2.32. The van der Waals surface area contributed by atoms with E-state index in [0.29, 0.717) is 16.7 Å². The van der Waals surface area contributed by atoms with Gasteiger partial charge in [0.2, 0.25) is 0 Å². The Bertz CT molecular complexity index is 655. The molecule has 0 aromatic carbocycles. The van der Waals surface area contributed by atoms with E-state index in [4.69, 9.17) is 17.3 Å². The van der Waals surface area contributed by atoms with Crippen molar-refractivity contribution in [1.82, 2.24) is 24.9 Å². The minimum absolute atomic E-state index is 0.359. The van der Waals surface area contributed by atoms with Crippen molar-refractivity contribution in [2.24, 2.45) is 0 Å². The molecule has 0 atom stereocenters. The third-order valence-electron chi connectivity index (χ3n) is 2.31. The predicted molar refractivity (Wildman–Crippen MR) is 60.9 cm³/mol. The summed E-state index contributed by atoms with van der Waals surface area (Å²) in [6.45, 7) is 0. The second kappa shape index (κ2) is 3.21. The van der Waals surface area contributed by atoms with Crippen molar-refractivity contribution >= 4 is 28.6 Å². The zero-order valence-corrected chi connectivity index (χ0v) is 8.78. The van der Waals surface area contributed by atoms with Crippen LogP contribution in [0.3, 0.4) is 0 Å². The van der Waals surface area contributed by atoms with Crippen LogP contribution in [0.4, 0.5) is 5.95 Å². The summed E-state index contributed by atoms with van der Waals surface area (Å²) in [6.07, 6.45) is 4.84. The lowest BCUT2D eigenvalue weighted by Crippen LogP contribution is -1.86. The van der Waals surface area contributed by atoms with Gasteiger partial charge in [0.05, 0.1) is 17.3 Å². The molecular weight excluding hydrogens is 228 g/mol. The number of fused-ring (bicyclic) bond motifs is 1. The number of imidazole rings is 1. The Kier molecular flexibility index (Phi) is 1.84. The smallest absolute Gasteiger partial charge is 0.197 e. The molecule has 0 aliphatic heterocycles. The molecule has 0 saturated carbocycles. The van der Waals surface area contributed by atoms with E-state index in [1.807, 2.05) is 0 Å². The first-order chi connectivity index (χ1) is 7.75. The molecule has 4 N–H and O–H groups in total. The Morgan fingerprint density at radius 1 is 1.25 bits per heavy atom. The number of aromatic amines is 2. The molecule has 3 heterocycles. The van der Waals surface area contributed by atoms with Crippen LogP contribution in [0, 0.1) is 0 Å². The van der Waals surface area contributed by atoms with Crippen LogP contribution in [0.2, 0.25) is 5.15 Å². The fourth-order valence-electron chi connectivity index (χ4n) is 1.61. The van der Waals surface area contributed by atoms with Crippen molar-refractivity contribution in [2.45, 2.75) is 0 Å². The number of nitrogen functional groups attached to an aromatic ring is 1. The maximum Gasteiger partial charge on any atom is 0.197 e. The van der Waals surface area contributed by atoms with E-state index in [9.17, 15) is 0 Å². The molecule has 80 valence electrons. The number of H-pyrrole nitrogens is 2. The average molecular weight is 235 g/mol. The normalized spacial score (nSPS) is 11.1. The second-order valence-corrected chi connectivity index (χ2v) is 3.63. The highest BCUT2D eigenvalue weighted by molar-refractivity contribution is 6.35. The van der Waals surface area contributed by atoms with E-state index in [0.717, 1.165) is 16.6 Å². The molecule has 3 rings (SSSR count). The minimum atomic E-state index is 0.359. The third-order valence-corrected chi connectivity index (χ3v) is 2.60. The van der Waals surface area contributed by atoms with Crippen LogP contribution in [-0.4, -0.2) is 24.9 Å². The molecule has 0 aliphatic carbocycles. The van der Waals surface area contributed by atoms with Crippen LogP contribution in [0.1, 0.15) is 0 Å². The standard InChI is InChI=1S/C9H7ClN6/c10-7-6-4(5-2-13-9(11)16-5)1-12-8(6)15-3-14-7/h1-3H,(H3,11,13,16)(H,12,14,15). The molecule has 0 aliphatic rings. The summed E-state index contributed by atoms with van der Waals surface area (Å²) in [5.74, 6) is 0.359. The van der Waals surface area contributed by atoms with E-state index >= 15 is 0 Å². The van der Waals surface area contributed by atoms with Gasteiger partial charge in [-0.2, -0.15) is 0 Å². The molecule has 0 saturated heterocycles. The molecule has 3 aromatic rings. The number of nitrogens with zero attached hydrogens (tertiary/aromatic N) is 3. The Morgan fingerprint density at radius 2 is 2.12 bits per heavy atom. The summed E-state index contributed by atoms with van der Waals surface area (Å²) < 4.78 is 0. The van der Waals surface area contributed by atoms with Crippen LogP contribution < -0.4 is 5.73 Å². The molecule has 7 heteroatoms. The van der Waals surface area contributed by atoms with Gasteiger partial charge in [-0.05, 0) is 0 Å². The molecule has 6 nitrogen and oxygen atoms in total. The summed E-state index contributed by atoms with van der Waals surface area (Å²) in [7, 11) is 0. The number of hydrogen-bond donors (Lipinski definition) is 3. The summed E-state index contributed by atoms with van der Waals surface area (Å²) in [4.78, 5) is 17.9. The Hall–Kier alpha value is -2.08. The fraction of sp³-hybridized carbons (Fsp3) is 0. The molecule has 0 bridgehead atoms. The maximum atomic E-state index is 6.02. The SMILES string of the molecule is Nc1ncc(-c2c[nH]c3ncnc(Cl)c23)[nH]1. The van der Waals surface area contributed by atoms with E-state index in [2.05, 4.69) is 24.9 Å². The van der Waals surface area contributed by atoms with Crippen LogP contribution in [-0.2, 0) is 0 Å². The number of nitrogens with two attached hydrogens (primary N) is 1. The van der Waals surface area contributed by atoms with E-state index in [1.165, 1.54) is 6.33 Å². The molecule has 0 amide bonds. The Labute approximate surface area is 94.9 Å². The fourth-order valence-corrected chi connectivity index (χ4v) is 1.85. The van der Waals surface area contributed by atoms with E-state index in [1.54, 1.807) is 12.4 Å². The highest BCUT2D eigenvalue weighted by Crippen LogP contribution is 2.30. The van der Waals surface area contributed by atoms with Gasteiger partial charge in [0.25, 0.3) is 0 Å². The van der Waals surface area contributed by atoms with Gasteiger partial charge < -0.3 is 15.7 Å². The molecular formula is C9H7ClN6. The molecule has 3 aromatic heterocycles. The van der Waals surface area contributed by atoms with Gasteiger partial charge in [0.15, 0.2) is 5.95 Å². The quantitative estimate of drug-likeness (QED) is 0.557.